The number of aromatic amines is 1. The van der Waals surface area contributed by atoms with Crippen molar-refractivity contribution in [3.63, 3.8) is 0 Å². The molecule has 1 atom stereocenters. The lowest BCUT2D eigenvalue weighted by molar-refractivity contribution is 0.0729. The van der Waals surface area contributed by atoms with Gasteiger partial charge in [-0.1, -0.05) is 18.2 Å². The average molecular weight is 380 g/mol. The van der Waals surface area contributed by atoms with Crippen molar-refractivity contribution in [1.82, 2.24) is 20.1 Å². The minimum Gasteiger partial charge on any atom is -0.328 e. The molecule has 130 valence electrons. The van der Waals surface area contributed by atoms with Crippen LogP contribution in [0, 0.1) is 0 Å². The predicted molar refractivity (Wildman–Crippen MR) is 105 cm³/mol. The van der Waals surface area contributed by atoms with Gasteiger partial charge in [-0.15, -0.1) is 22.7 Å². The van der Waals surface area contributed by atoms with Crippen LogP contribution in [0.2, 0.25) is 0 Å². The molecule has 1 N–H and O–H groups in total. The highest BCUT2D eigenvalue weighted by Crippen LogP contribution is 2.37. The first-order chi connectivity index (χ1) is 12.8. The number of likely N-dealkylation sites (tertiary alicyclic amines) is 1. The predicted octanol–water partition coefficient (Wildman–Crippen LogP) is 4.73. The number of nitrogens with zero attached hydrogens (tertiary/aromatic N) is 3. The minimum atomic E-state index is -0.0224. The van der Waals surface area contributed by atoms with Crippen molar-refractivity contribution in [3.05, 3.63) is 58.5 Å². The van der Waals surface area contributed by atoms with Crippen LogP contribution in [0.25, 0.3) is 20.8 Å². The first-order valence-corrected chi connectivity index (χ1v) is 10.2. The number of para-hydroxylation sites is 1. The van der Waals surface area contributed by atoms with E-state index in [0.717, 1.165) is 40.5 Å². The van der Waals surface area contributed by atoms with E-state index >= 15 is 0 Å². The third kappa shape index (κ3) is 2.64. The van der Waals surface area contributed by atoms with Crippen LogP contribution in [0.4, 0.5) is 0 Å². The van der Waals surface area contributed by atoms with Crippen molar-refractivity contribution in [2.24, 2.45) is 0 Å². The maximum atomic E-state index is 13.1. The Bertz CT molecular complexity index is 1030. The number of H-pyrrole nitrogens is 1. The van der Waals surface area contributed by atoms with Crippen LogP contribution >= 0.6 is 22.7 Å². The summed E-state index contributed by atoms with van der Waals surface area (Å²) in [4.78, 5) is 20.8. The quantitative estimate of drug-likeness (QED) is 0.559. The summed E-state index contributed by atoms with van der Waals surface area (Å²) in [6.45, 7) is 0.751. The SMILES string of the molecule is O=C(c1cc(-c2cccs2)[nH]n1)N1CCCC1c1nc2ccccc2s1. The van der Waals surface area contributed by atoms with E-state index in [-0.39, 0.29) is 11.9 Å². The molecular weight excluding hydrogens is 364 g/mol. The fraction of sp³-hybridized carbons (Fsp3) is 0.211. The maximum Gasteiger partial charge on any atom is 0.274 e. The number of carbonyl (C=O) groups excluding carboxylic acids is 1. The van der Waals surface area contributed by atoms with Crippen LogP contribution in [0.3, 0.4) is 0 Å². The van der Waals surface area contributed by atoms with Gasteiger partial charge >= 0.3 is 0 Å². The number of fused-ring (bicyclic) bond motifs is 1. The molecule has 5 rings (SSSR count). The molecule has 0 aliphatic carbocycles. The number of hydrogen-bond donors (Lipinski definition) is 1. The lowest BCUT2D eigenvalue weighted by atomic mass is 10.2. The van der Waals surface area contributed by atoms with Gasteiger partial charge in [0.2, 0.25) is 0 Å². The Labute approximate surface area is 158 Å². The third-order valence-corrected chi connectivity index (χ3v) is 6.73. The molecule has 1 aliphatic rings. The zero-order valence-corrected chi connectivity index (χ0v) is 15.5. The molecule has 7 heteroatoms. The van der Waals surface area contributed by atoms with E-state index in [4.69, 9.17) is 4.98 Å². The number of amides is 1. The number of thiophene rings is 1. The molecule has 5 nitrogen and oxygen atoms in total. The first-order valence-electron chi connectivity index (χ1n) is 8.55. The largest absolute Gasteiger partial charge is 0.328 e. The second-order valence-electron chi connectivity index (χ2n) is 6.32. The molecule has 4 heterocycles. The number of hydrogen-bond acceptors (Lipinski definition) is 5. The summed E-state index contributed by atoms with van der Waals surface area (Å²) in [7, 11) is 0. The number of benzene rings is 1. The Kier molecular flexibility index (Phi) is 3.83. The number of nitrogens with one attached hydrogen (secondary N) is 1. The Hall–Kier alpha value is -2.51. The highest BCUT2D eigenvalue weighted by Gasteiger charge is 2.33. The summed E-state index contributed by atoms with van der Waals surface area (Å²) in [5.74, 6) is -0.0224. The number of carbonyl (C=O) groups is 1. The summed E-state index contributed by atoms with van der Waals surface area (Å²) >= 11 is 3.31. The standard InChI is InChI=1S/C19H16N4OS2/c24-19(14-11-13(21-22-14)16-8-4-10-25-16)23-9-3-6-15(23)18-20-12-5-1-2-7-17(12)26-18/h1-2,4-5,7-8,10-11,15H,3,6,9H2,(H,21,22). The monoisotopic (exact) mass is 380 g/mol. The van der Waals surface area contributed by atoms with Gasteiger partial charge in [0.15, 0.2) is 5.69 Å². The molecular formula is C19H16N4OS2. The Morgan fingerprint density at radius 3 is 3.00 bits per heavy atom. The molecule has 4 aromatic rings. The molecule has 1 aliphatic heterocycles. The van der Waals surface area contributed by atoms with E-state index < -0.39 is 0 Å². The van der Waals surface area contributed by atoms with Crippen LogP contribution < -0.4 is 0 Å². The Balaban J connectivity index is 1.44. The zero-order valence-electron chi connectivity index (χ0n) is 13.9. The van der Waals surface area contributed by atoms with Crippen LogP contribution in [0.15, 0.2) is 47.8 Å². The van der Waals surface area contributed by atoms with Crippen LogP contribution in [-0.2, 0) is 0 Å². The molecule has 0 saturated carbocycles. The topological polar surface area (TPSA) is 61.9 Å². The van der Waals surface area contributed by atoms with Crippen LogP contribution in [0.1, 0.15) is 34.4 Å². The van der Waals surface area contributed by atoms with E-state index in [1.165, 1.54) is 4.70 Å². The lowest BCUT2D eigenvalue weighted by Crippen LogP contribution is -2.30. The Morgan fingerprint density at radius 1 is 1.23 bits per heavy atom. The average Bonchev–Trinajstić information content (AvgIpc) is 3.47. The van der Waals surface area contributed by atoms with Crippen molar-refractivity contribution in [2.75, 3.05) is 6.54 Å². The number of thiazole rings is 1. The van der Waals surface area contributed by atoms with Gasteiger partial charge in [-0.05, 0) is 42.5 Å². The molecule has 0 radical (unpaired) electrons. The summed E-state index contributed by atoms with van der Waals surface area (Å²) in [6, 6.07) is 14.0. The van der Waals surface area contributed by atoms with Crippen molar-refractivity contribution in [3.8, 4) is 10.6 Å². The molecule has 1 aromatic carbocycles. The van der Waals surface area contributed by atoms with Crippen LogP contribution in [0.5, 0.6) is 0 Å². The van der Waals surface area contributed by atoms with Gasteiger partial charge in [-0.25, -0.2) is 4.98 Å². The molecule has 0 bridgehead atoms. The molecule has 0 spiro atoms. The van der Waals surface area contributed by atoms with Crippen molar-refractivity contribution in [1.29, 1.82) is 0 Å². The maximum absolute atomic E-state index is 13.1. The summed E-state index contributed by atoms with van der Waals surface area (Å²) in [6.07, 6.45) is 1.95. The normalized spacial score (nSPS) is 17.2. The van der Waals surface area contributed by atoms with Gasteiger partial charge in [-0.2, -0.15) is 5.10 Å². The molecule has 1 amide bonds. The fourth-order valence-electron chi connectivity index (χ4n) is 3.44. The van der Waals surface area contributed by atoms with E-state index in [0.29, 0.717) is 5.69 Å². The summed E-state index contributed by atoms with van der Waals surface area (Å²) in [5, 5.41) is 10.3. The van der Waals surface area contributed by atoms with E-state index in [1.54, 1.807) is 22.7 Å². The van der Waals surface area contributed by atoms with Gasteiger partial charge in [0, 0.05) is 6.54 Å². The summed E-state index contributed by atoms with van der Waals surface area (Å²) < 4.78 is 1.17. The fourth-order valence-corrected chi connectivity index (χ4v) is 5.24. The van der Waals surface area contributed by atoms with Gasteiger partial charge in [0.25, 0.3) is 5.91 Å². The van der Waals surface area contributed by atoms with Gasteiger partial charge in [-0.3, -0.25) is 9.89 Å². The molecule has 26 heavy (non-hydrogen) atoms. The third-order valence-electron chi connectivity index (χ3n) is 4.69. The smallest absolute Gasteiger partial charge is 0.274 e. The molecule has 1 unspecified atom stereocenters. The zero-order chi connectivity index (χ0) is 17.5. The van der Waals surface area contributed by atoms with Gasteiger partial charge in [0.05, 0.1) is 26.8 Å². The van der Waals surface area contributed by atoms with Gasteiger partial charge < -0.3 is 4.90 Å². The number of rotatable bonds is 3. The highest BCUT2D eigenvalue weighted by molar-refractivity contribution is 7.18. The van der Waals surface area contributed by atoms with E-state index in [1.807, 2.05) is 46.7 Å². The lowest BCUT2D eigenvalue weighted by Gasteiger charge is -2.21. The molecule has 3 aromatic heterocycles. The first kappa shape index (κ1) is 15.7. The summed E-state index contributed by atoms with van der Waals surface area (Å²) in [5.41, 5.74) is 2.37. The highest BCUT2D eigenvalue weighted by atomic mass is 32.1. The number of aromatic nitrogens is 3. The molecule has 1 saturated heterocycles. The van der Waals surface area contributed by atoms with E-state index in [2.05, 4.69) is 16.3 Å². The second kappa shape index (κ2) is 6.34. The van der Waals surface area contributed by atoms with Crippen molar-refractivity contribution in [2.45, 2.75) is 18.9 Å². The second-order valence-corrected chi connectivity index (χ2v) is 8.33. The Morgan fingerprint density at radius 2 is 2.15 bits per heavy atom. The van der Waals surface area contributed by atoms with Crippen molar-refractivity contribution < 1.29 is 4.79 Å². The minimum absolute atomic E-state index is 0.0224. The van der Waals surface area contributed by atoms with Crippen molar-refractivity contribution >= 4 is 38.8 Å². The van der Waals surface area contributed by atoms with Crippen LogP contribution in [-0.4, -0.2) is 32.5 Å². The molecule has 1 fully saturated rings. The van der Waals surface area contributed by atoms with E-state index in [9.17, 15) is 4.79 Å². The van der Waals surface area contributed by atoms with Gasteiger partial charge in [0.1, 0.15) is 5.01 Å².